The summed E-state index contributed by atoms with van der Waals surface area (Å²) in [6.45, 7) is 10.7. The lowest BCUT2D eigenvalue weighted by Gasteiger charge is -2.60. The van der Waals surface area contributed by atoms with Crippen molar-refractivity contribution in [3.8, 4) is 0 Å². The lowest BCUT2D eigenvalue weighted by atomic mass is 9.44. The molecule has 4 saturated carbocycles. The summed E-state index contributed by atoms with van der Waals surface area (Å²) in [6.07, 6.45) is 4.72. The van der Waals surface area contributed by atoms with Crippen molar-refractivity contribution >= 4 is 11.8 Å². The van der Waals surface area contributed by atoms with Gasteiger partial charge in [-0.3, -0.25) is 9.59 Å². The molecule has 10 atom stereocenters. The predicted molar refractivity (Wildman–Crippen MR) is 118 cm³/mol. The maximum absolute atomic E-state index is 13.2. The van der Waals surface area contributed by atoms with Crippen LogP contribution in [0.1, 0.15) is 86.0 Å². The Kier molecular flexibility index (Phi) is 6.09. The van der Waals surface area contributed by atoms with E-state index in [4.69, 9.17) is 4.74 Å². The minimum absolute atomic E-state index is 0.0907. The first-order valence-electron chi connectivity index (χ1n) is 12.6. The van der Waals surface area contributed by atoms with E-state index in [0.717, 1.165) is 25.7 Å². The smallest absolute Gasteiger partial charge is 0.306 e. The van der Waals surface area contributed by atoms with Crippen LogP contribution in [0.4, 0.5) is 0 Å². The van der Waals surface area contributed by atoms with E-state index in [9.17, 15) is 19.8 Å². The number of hydrogen-bond acceptors (Lipinski definition) is 5. The van der Waals surface area contributed by atoms with Crippen LogP contribution in [0.5, 0.6) is 0 Å². The number of fused-ring (bicyclic) bond motifs is 5. The minimum atomic E-state index is -0.773. The van der Waals surface area contributed by atoms with Gasteiger partial charge in [-0.25, -0.2) is 0 Å². The van der Waals surface area contributed by atoms with Gasteiger partial charge in [-0.1, -0.05) is 27.7 Å². The predicted octanol–water partition coefficient (Wildman–Crippen LogP) is 4.13. The molecule has 0 saturated heterocycles. The van der Waals surface area contributed by atoms with Gasteiger partial charge < -0.3 is 14.9 Å². The Morgan fingerprint density at radius 2 is 1.74 bits per heavy atom. The second-order valence-electron chi connectivity index (χ2n) is 12.2. The van der Waals surface area contributed by atoms with Crippen LogP contribution in [0.15, 0.2) is 0 Å². The topological polar surface area (TPSA) is 83.8 Å². The average molecular weight is 435 g/mol. The number of ketones is 1. The van der Waals surface area contributed by atoms with Crippen LogP contribution in [0.3, 0.4) is 0 Å². The number of esters is 1. The van der Waals surface area contributed by atoms with Gasteiger partial charge in [-0.2, -0.15) is 0 Å². The van der Waals surface area contributed by atoms with Crippen molar-refractivity contribution in [3.63, 3.8) is 0 Å². The van der Waals surface area contributed by atoms with Crippen LogP contribution in [0, 0.1) is 46.3 Å². The molecule has 176 valence electrons. The Balaban J connectivity index is 1.53. The summed E-state index contributed by atoms with van der Waals surface area (Å²) >= 11 is 0. The normalized spacial score (nSPS) is 48.0. The molecule has 4 aliphatic rings. The molecule has 0 amide bonds. The zero-order valence-electron chi connectivity index (χ0n) is 20.0. The maximum Gasteiger partial charge on any atom is 0.306 e. The standard InChI is InChI=1S/C26H42O5/c1-14(2)10-24(30)31-15(3)17-6-7-18-16-11-21(27)20-12-22(28)23(29)13-26(20,5)19(16)8-9-25(17,18)4/h14-20,22-23,28-29H,6-13H2,1-5H3/t15-,16+,17-,18+,19+,20-,22+,23-,25-,26-/m1/s1. The second-order valence-corrected chi connectivity index (χ2v) is 12.2. The van der Waals surface area contributed by atoms with Crippen molar-refractivity contribution in [3.05, 3.63) is 0 Å². The molecule has 0 aromatic rings. The number of ether oxygens (including phenoxy) is 1. The molecule has 4 rings (SSSR count). The van der Waals surface area contributed by atoms with Gasteiger partial charge in [0, 0.05) is 24.7 Å². The number of carbonyl (C=O) groups excluding carboxylic acids is 2. The lowest BCUT2D eigenvalue weighted by molar-refractivity contribution is -0.176. The van der Waals surface area contributed by atoms with Crippen molar-refractivity contribution in [1.82, 2.24) is 0 Å². The highest BCUT2D eigenvalue weighted by molar-refractivity contribution is 5.83. The van der Waals surface area contributed by atoms with E-state index in [1.807, 2.05) is 13.8 Å². The summed E-state index contributed by atoms with van der Waals surface area (Å²) in [6, 6.07) is 0. The molecule has 0 spiro atoms. The van der Waals surface area contributed by atoms with E-state index in [-0.39, 0.29) is 28.8 Å². The Hall–Kier alpha value is -0.940. The third kappa shape index (κ3) is 3.78. The molecule has 5 nitrogen and oxygen atoms in total. The molecule has 2 N–H and O–H groups in total. The Morgan fingerprint density at radius 3 is 2.42 bits per heavy atom. The first-order valence-corrected chi connectivity index (χ1v) is 12.6. The molecule has 0 aliphatic heterocycles. The van der Waals surface area contributed by atoms with Crippen LogP contribution >= 0.6 is 0 Å². The molecule has 4 fully saturated rings. The quantitative estimate of drug-likeness (QED) is 0.650. The monoisotopic (exact) mass is 434 g/mol. The van der Waals surface area contributed by atoms with Gasteiger partial charge in [0.2, 0.25) is 0 Å². The maximum atomic E-state index is 13.2. The number of aliphatic hydroxyl groups excluding tert-OH is 2. The van der Waals surface area contributed by atoms with E-state index in [2.05, 4.69) is 20.8 Å². The minimum Gasteiger partial charge on any atom is -0.462 e. The zero-order chi connectivity index (χ0) is 22.7. The van der Waals surface area contributed by atoms with Gasteiger partial charge in [-0.15, -0.1) is 0 Å². The second kappa shape index (κ2) is 8.13. The van der Waals surface area contributed by atoms with Crippen molar-refractivity contribution in [2.24, 2.45) is 46.3 Å². The van der Waals surface area contributed by atoms with Gasteiger partial charge in [0.05, 0.1) is 12.2 Å². The summed E-state index contributed by atoms with van der Waals surface area (Å²) in [5.74, 6) is 1.95. The van der Waals surface area contributed by atoms with Gasteiger partial charge in [-0.05, 0) is 80.0 Å². The van der Waals surface area contributed by atoms with Gasteiger partial charge >= 0.3 is 5.97 Å². The van der Waals surface area contributed by atoms with Crippen molar-refractivity contribution in [2.45, 2.75) is 104 Å². The molecule has 0 unspecified atom stereocenters. The van der Waals surface area contributed by atoms with E-state index in [0.29, 0.717) is 61.1 Å². The van der Waals surface area contributed by atoms with Crippen LogP contribution in [-0.4, -0.2) is 40.3 Å². The highest BCUT2D eigenvalue weighted by Gasteiger charge is 2.63. The molecule has 0 aromatic heterocycles. The Bertz CT molecular complexity index is 719. The molecule has 0 radical (unpaired) electrons. The highest BCUT2D eigenvalue weighted by atomic mass is 16.5. The van der Waals surface area contributed by atoms with Crippen LogP contribution in [0.25, 0.3) is 0 Å². The fraction of sp³-hybridized carbons (Fsp3) is 0.923. The number of Topliss-reactive ketones (excluding diaryl/α,β-unsaturated/α-hetero) is 1. The van der Waals surface area contributed by atoms with E-state index < -0.39 is 12.2 Å². The fourth-order valence-electron chi connectivity index (χ4n) is 8.55. The number of rotatable bonds is 4. The van der Waals surface area contributed by atoms with Crippen LogP contribution in [-0.2, 0) is 14.3 Å². The molecule has 0 bridgehead atoms. The molecule has 0 aromatic carbocycles. The molecular weight excluding hydrogens is 392 g/mol. The Morgan fingerprint density at radius 1 is 1.06 bits per heavy atom. The average Bonchev–Trinajstić information content (AvgIpc) is 3.01. The first kappa shape index (κ1) is 23.2. The SMILES string of the molecule is CC(C)CC(=O)O[C@H](C)[C@H]1CC[C@H]2[C@@H]3CC(=O)[C@H]4C[C@H](O)[C@H](O)C[C@]4(C)[C@H]3CC[C@]12C. The molecule has 0 heterocycles. The van der Waals surface area contributed by atoms with Gasteiger partial charge in [0.15, 0.2) is 0 Å². The Labute approximate surface area is 187 Å². The number of aliphatic hydroxyl groups is 2. The van der Waals surface area contributed by atoms with Crippen LogP contribution < -0.4 is 0 Å². The van der Waals surface area contributed by atoms with E-state index in [1.54, 1.807) is 0 Å². The summed E-state index contributed by atoms with van der Waals surface area (Å²) < 4.78 is 5.88. The summed E-state index contributed by atoms with van der Waals surface area (Å²) in [4.78, 5) is 25.5. The van der Waals surface area contributed by atoms with E-state index in [1.165, 1.54) is 0 Å². The third-order valence-electron chi connectivity index (χ3n) is 10.0. The van der Waals surface area contributed by atoms with Gasteiger partial charge in [0.1, 0.15) is 11.9 Å². The summed E-state index contributed by atoms with van der Waals surface area (Å²) in [7, 11) is 0. The number of hydrogen-bond donors (Lipinski definition) is 2. The molecular formula is C26H42O5. The van der Waals surface area contributed by atoms with Gasteiger partial charge in [0.25, 0.3) is 0 Å². The summed E-state index contributed by atoms with van der Waals surface area (Å²) in [5, 5.41) is 20.7. The molecule has 4 aliphatic carbocycles. The first-order chi connectivity index (χ1) is 14.5. The molecule has 5 heteroatoms. The fourth-order valence-corrected chi connectivity index (χ4v) is 8.55. The van der Waals surface area contributed by atoms with Crippen molar-refractivity contribution < 1.29 is 24.5 Å². The molecule has 31 heavy (non-hydrogen) atoms. The zero-order valence-corrected chi connectivity index (χ0v) is 20.0. The van der Waals surface area contributed by atoms with Crippen LogP contribution in [0.2, 0.25) is 0 Å². The van der Waals surface area contributed by atoms with E-state index >= 15 is 0 Å². The summed E-state index contributed by atoms with van der Waals surface area (Å²) in [5.41, 5.74) is -0.123. The highest BCUT2D eigenvalue weighted by Crippen LogP contribution is 2.67. The third-order valence-corrected chi connectivity index (χ3v) is 10.0. The van der Waals surface area contributed by atoms with Crippen molar-refractivity contribution in [2.75, 3.05) is 0 Å². The lowest BCUT2D eigenvalue weighted by Crippen LogP contribution is -2.59. The van der Waals surface area contributed by atoms with Crippen molar-refractivity contribution in [1.29, 1.82) is 0 Å². The largest absolute Gasteiger partial charge is 0.462 e. The number of carbonyl (C=O) groups is 2.